The lowest BCUT2D eigenvalue weighted by Gasteiger charge is -2.37. The first-order chi connectivity index (χ1) is 16.4. The molecule has 1 fully saturated rings. The Bertz CT molecular complexity index is 1390. The molecule has 34 heavy (non-hydrogen) atoms. The average molecular weight is 533 g/mol. The third kappa shape index (κ3) is 2.68. The summed E-state index contributed by atoms with van der Waals surface area (Å²) in [7, 11) is 0. The lowest BCUT2D eigenvalue weighted by molar-refractivity contribution is -0.118. The van der Waals surface area contributed by atoms with Gasteiger partial charge in [0.2, 0.25) is 0 Å². The predicted octanol–water partition coefficient (Wildman–Crippen LogP) is 6.12. The van der Waals surface area contributed by atoms with Crippen molar-refractivity contribution >= 4 is 56.6 Å². The van der Waals surface area contributed by atoms with Crippen LogP contribution in [0.25, 0.3) is 6.08 Å². The SMILES string of the molecule is CC(=O)[C@H]1[C@H](c2ccc(Br)cc2)C2(C(=O)c3ccccc3C2=O)[C@H]2C=Cc3cc(Cl)ccc3N12. The van der Waals surface area contributed by atoms with Gasteiger partial charge in [-0.05, 0) is 48.4 Å². The minimum Gasteiger partial charge on any atom is -0.352 e. The monoisotopic (exact) mass is 531 g/mol. The number of halogens is 2. The molecule has 4 nitrogen and oxygen atoms in total. The molecule has 0 N–H and O–H groups in total. The summed E-state index contributed by atoms with van der Waals surface area (Å²) in [6, 6.07) is 18.8. The quantitative estimate of drug-likeness (QED) is 0.373. The molecule has 6 rings (SSSR count). The van der Waals surface area contributed by atoms with Crippen LogP contribution in [-0.4, -0.2) is 29.4 Å². The minimum atomic E-state index is -1.44. The number of hydrogen-bond acceptors (Lipinski definition) is 4. The maximum atomic E-state index is 14.2. The van der Waals surface area contributed by atoms with E-state index in [4.69, 9.17) is 11.6 Å². The maximum absolute atomic E-state index is 14.2. The largest absolute Gasteiger partial charge is 0.352 e. The lowest BCUT2D eigenvalue weighted by Crippen LogP contribution is -2.48. The molecule has 3 aromatic carbocycles. The molecule has 0 amide bonds. The van der Waals surface area contributed by atoms with Gasteiger partial charge >= 0.3 is 0 Å². The van der Waals surface area contributed by atoms with E-state index >= 15 is 0 Å². The van der Waals surface area contributed by atoms with Crippen molar-refractivity contribution in [2.75, 3.05) is 4.90 Å². The van der Waals surface area contributed by atoms with Crippen molar-refractivity contribution in [1.82, 2.24) is 0 Å². The highest BCUT2D eigenvalue weighted by Crippen LogP contribution is 2.60. The predicted molar refractivity (Wildman–Crippen MR) is 136 cm³/mol. The third-order valence-electron chi connectivity index (χ3n) is 7.41. The van der Waals surface area contributed by atoms with E-state index < -0.39 is 23.4 Å². The number of Topliss-reactive ketones (excluding diaryl/α,β-unsaturated/α-hetero) is 3. The van der Waals surface area contributed by atoms with E-state index in [1.165, 1.54) is 6.92 Å². The molecule has 0 unspecified atom stereocenters. The van der Waals surface area contributed by atoms with Crippen LogP contribution in [0.4, 0.5) is 5.69 Å². The number of ketones is 3. The van der Waals surface area contributed by atoms with E-state index in [9.17, 15) is 14.4 Å². The average Bonchev–Trinajstić information content (AvgIpc) is 3.26. The van der Waals surface area contributed by atoms with Crippen molar-refractivity contribution < 1.29 is 14.4 Å². The second-order valence-electron chi connectivity index (χ2n) is 9.07. The normalized spacial score (nSPS) is 23.7. The zero-order valence-corrected chi connectivity index (χ0v) is 20.5. The molecule has 1 spiro atoms. The number of nitrogens with zero attached hydrogens (tertiary/aromatic N) is 1. The molecule has 1 saturated heterocycles. The van der Waals surface area contributed by atoms with Crippen LogP contribution in [0.2, 0.25) is 5.02 Å². The van der Waals surface area contributed by atoms with Crippen molar-refractivity contribution in [2.24, 2.45) is 5.41 Å². The number of rotatable bonds is 2. The fraction of sp³-hybridized carbons (Fsp3) is 0.179. The van der Waals surface area contributed by atoms with Crippen LogP contribution in [0.5, 0.6) is 0 Å². The molecule has 6 heteroatoms. The van der Waals surface area contributed by atoms with E-state index in [1.54, 1.807) is 30.3 Å². The van der Waals surface area contributed by atoms with Crippen LogP contribution in [-0.2, 0) is 4.79 Å². The molecule has 0 saturated carbocycles. The van der Waals surface area contributed by atoms with Gasteiger partial charge in [0, 0.05) is 32.2 Å². The molecular formula is C28H19BrClNO3. The van der Waals surface area contributed by atoms with Crippen LogP contribution >= 0.6 is 27.5 Å². The fourth-order valence-electron chi connectivity index (χ4n) is 6.14. The Morgan fingerprint density at radius 1 is 0.971 bits per heavy atom. The second-order valence-corrected chi connectivity index (χ2v) is 10.4. The van der Waals surface area contributed by atoms with Gasteiger partial charge in [-0.3, -0.25) is 14.4 Å². The number of benzene rings is 3. The summed E-state index contributed by atoms with van der Waals surface area (Å²) >= 11 is 9.73. The van der Waals surface area contributed by atoms with Gasteiger partial charge in [0.15, 0.2) is 17.3 Å². The zero-order valence-electron chi connectivity index (χ0n) is 18.2. The number of fused-ring (bicyclic) bond motifs is 5. The summed E-state index contributed by atoms with van der Waals surface area (Å²) in [5.41, 5.74) is 1.85. The van der Waals surface area contributed by atoms with Gasteiger partial charge < -0.3 is 4.90 Å². The Hall–Kier alpha value is -3.02. The van der Waals surface area contributed by atoms with Gasteiger partial charge in [0.05, 0.1) is 12.1 Å². The lowest BCUT2D eigenvalue weighted by atomic mass is 9.64. The molecule has 168 valence electrons. The van der Waals surface area contributed by atoms with E-state index in [0.29, 0.717) is 16.1 Å². The van der Waals surface area contributed by atoms with Gasteiger partial charge in [-0.25, -0.2) is 0 Å². The molecule has 0 aromatic heterocycles. The number of carbonyl (C=O) groups is 3. The smallest absolute Gasteiger partial charge is 0.180 e. The second kappa shape index (κ2) is 7.49. The minimum absolute atomic E-state index is 0.0949. The van der Waals surface area contributed by atoms with Crippen molar-refractivity contribution in [3.63, 3.8) is 0 Å². The van der Waals surface area contributed by atoms with Gasteiger partial charge in [0.25, 0.3) is 0 Å². The Morgan fingerprint density at radius 2 is 1.62 bits per heavy atom. The molecule has 2 heterocycles. The topological polar surface area (TPSA) is 54.5 Å². The molecule has 0 radical (unpaired) electrons. The van der Waals surface area contributed by atoms with Crippen molar-refractivity contribution in [3.05, 3.63) is 105 Å². The zero-order chi connectivity index (χ0) is 23.8. The Kier molecular flexibility index (Phi) is 4.74. The van der Waals surface area contributed by atoms with Crippen LogP contribution in [0.1, 0.15) is 44.7 Å². The fourth-order valence-corrected chi connectivity index (χ4v) is 6.59. The van der Waals surface area contributed by atoms with Crippen LogP contribution in [0.15, 0.2) is 77.3 Å². The standard InChI is InChI=1S/C28H19BrClNO3/c1-15(32)25-24(16-6-9-18(29)10-7-16)28(26(33)20-4-2-3-5-21(20)27(28)34)23-13-8-17-14-19(30)11-12-22(17)31(23)25/h2-14,23-25H,1H3/t23-,24+,25+/m1/s1. The van der Waals surface area contributed by atoms with Crippen molar-refractivity contribution in [1.29, 1.82) is 0 Å². The first kappa shape index (κ1) is 21.5. The number of carbonyl (C=O) groups excluding carboxylic acids is 3. The summed E-state index contributed by atoms with van der Waals surface area (Å²) in [6.07, 6.45) is 3.81. The first-order valence-corrected chi connectivity index (χ1v) is 12.2. The van der Waals surface area contributed by atoms with Crippen LogP contribution in [0, 0.1) is 5.41 Å². The summed E-state index contributed by atoms with van der Waals surface area (Å²) < 4.78 is 0.882. The highest BCUT2D eigenvalue weighted by molar-refractivity contribution is 9.10. The molecule has 3 aromatic rings. The first-order valence-electron chi connectivity index (χ1n) is 11.1. The van der Waals surface area contributed by atoms with Crippen molar-refractivity contribution in [2.45, 2.75) is 24.9 Å². The summed E-state index contributed by atoms with van der Waals surface area (Å²) in [5.74, 6) is -1.19. The van der Waals surface area contributed by atoms with Gasteiger partial charge in [0.1, 0.15) is 5.41 Å². The van der Waals surface area contributed by atoms with E-state index in [1.807, 2.05) is 53.5 Å². The summed E-state index contributed by atoms with van der Waals surface area (Å²) in [6.45, 7) is 1.54. The molecule has 3 atom stereocenters. The van der Waals surface area contributed by atoms with E-state index in [2.05, 4.69) is 15.9 Å². The molecule has 3 aliphatic rings. The van der Waals surface area contributed by atoms with E-state index in [0.717, 1.165) is 21.3 Å². The van der Waals surface area contributed by atoms with Crippen molar-refractivity contribution in [3.8, 4) is 0 Å². The molecular weight excluding hydrogens is 514 g/mol. The summed E-state index contributed by atoms with van der Waals surface area (Å²) in [4.78, 5) is 43.8. The highest BCUT2D eigenvalue weighted by atomic mass is 79.9. The van der Waals surface area contributed by atoms with Crippen LogP contribution in [0.3, 0.4) is 0 Å². The van der Waals surface area contributed by atoms with Gasteiger partial charge in [-0.1, -0.05) is 76.1 Å². The third-order valence-corrected chi connectivity index (χ3v) is 8.18. The number of hydrogen-bond donors (Lipinski definition) is 0. The molecule has 0 bridgehead atoms. The Labute approximate surface area is 210 Å². The molecule has 1 aliphatic carbocycles. The van der Waals surface area contributed by atoms with Gasteiger partial charge in [-0.15, -0.1) is 0 Å². The Balaban J connectivity index is 1.68. The Morgan fingerprint density at radius 3 is 2.24 bits per heavy atom. The summed E-state index contributed by atoms with van der Waals surface area (Å²) in [5, 5.41) is 0.583. The number of anilines is 1. The van der Waals surface area contributed by atoms with E-state index in [-0.39, 0.29) is 17.3 Å². The van der Waals surface area contributed by atoms with Gasteiger partial charge in [-0.2, -0.15) is 0 Å². The maximum Gasteiger partial charge on any atom is 0.180 e. The van der Waals surface area contributed by atoms with Crippen LogP contribution < -0.4 is 4.90 Å². The molecule has 2 aliphatic heterocycles. The highest BCUT2D eigenvalue weighted by Gasteiger charge is 2.71.